The van der Waals surface area contributed by atoms with E-state index in [-0.39, 0.29) is 0 Å². The summed E-state index contributed by atoms with van der Waals surface area (Å²) in [5.41, 5.74) is 0.614. The quantitative estimate of drug-likeness (QED) is 0.632. The molecule has 0 saturated heterocycles. The van der Waals surface area contributed by atoms with Gasteiger partial charge in [0.05, 0.1) is 3.57 Å². The van der Waals surface area contributed by atoms with Crippen molar-refractivity contribution in [2.24, 2.45) is 0 Å². The van der Waals surface area contributed by atoms with Gasteiger partial charge in [0, 0.05) is 5.56 Å². The van der Waals surface area contributed by atoms with Crippen LogP contribution in [0, 0.1) is 3.57 Å². The van der Waals surface area contributed by atoms with Gasteiger partial charge in [-0.25, -0.2) is 0 Å². The smallest absolute Gasteiger partial charge is 0.150 e. The second-order valence-corrected chi connectivity index (χ2v) is 4.39. The zero-order valence-corrected chi connectivity index (χ0v) is 10.5. The van der Waals surface area contributed by atoms with Gasteiger partial charge in [-0.15, -0.1) is 0 Å². The fourth-order valence-corrected chi connectivity index (χ4v) is 1.80. The normalized spacial score (nSPS) is 9.81. The van der Waals surface area contributed by atoms with E-state index in [0.29, 0.717) is 11.3 Å². The minimum atomic E-state index is 0.614. The first-order valence-electron chi connectivity index (χ1n) is 4.77. The number of carbonyl (C=O) groups is 1. The van der Waals surface area contributed by atoms with Crippen LogP contribution in [0.2, 0.25) is 0 Å². The van der Waals surface area contributed by atoms with Crippen molar-refractivity contribution in [3.8, 4) is 11.5 Å². The van der Waals surface area contributed by atoms with E-state index in [0.717, 1.165) is 15.6 Å². The lowest BCUT2D eigenvalue weighted by Gasteiger charge is -2.07. The first kappa shape index (κ1) is 11.1. The van der Waals surface area contributed by atoms with Crippen molar-refractivity contribution in [2.45, 2.75) is 0 Å². The predicted octanol–water partition coefficient (Wildman–Crippen LogP) is 3.90. The van der Waals surface area contributed by atoms with Crippen LogP contribution in [-0.2, 0) is 0 Å². The zero-order valence-electron chi connectivity index (χ0n) is 8.39. The summed E-state index contributed by atoms with van der Waals surface area (Å²) in [4.78, 5) is 10.6. The molecule has 0 saturated carbocycles. The summed E-state index contributed by atoms with van der Waals surface area (Å²) in [6, 6.07) is 14.8. The van der Waals surface area contributed by atoms with Crippen molar-refractivity contribution in [3.05, 3.63) is 57.7 Å². The second kappa shape index (κ2) is 5.12. The van der Waals surface area contributed by atoms with Crippen LogP contribution < -0.4 is 4.74 Å². The molecule has 0 radical (unpaired) electrons. The van der Waals surface area contributed by atoms with Gasteiger partial charge in [-0.1, -0.05) is 24.3 Å². The molecule has 0 aliphatic heterocycles. The molecule has 0 aliphatic rings. The number of carbonyl (C=O) groups excluding carboxylic acids is 1. The lowest BCUT2D eigenvalue weighted by Crippen LogP contribution is -1.88. The first-order chi connectivity index (χ1) is 7.79. The van der Waals surface area contributed by atoms with E-state index < -0.39 is 0 Å². The van der Waals surface area contributed by atoms with Crippen LogP contribution in [-0.4, -0.2) is 6.29 Å². The third-order valence-electron chi connectivity index (χ3n) is 2.06. The Morgan fingerprint density at radius 2 is 1.88 bits per heavy atom. The second-order valence-electron chi connectivity index (χ2n) is 3.22. The van der Waals surface area contributed by atoms with Crippen molar-refractivity contribution >= 4 is 28.9 Å². The Morgan fingerprint density at radius 3 is 2.62 bits per heavy atom. The maximum absolute atomic E-state index is 10.6. The lowest BCUT2D eigenvalue weighted by atomic mass is 10.2. The molecule has 2 aromatic carbocycles. The predicted molar refractivity (Wildman–Crippen MR) is 71.1 cm³/mol. The van der Waals surface area contributed by atoms with Gasteiger partial charge in [0.1, 0.15) is 17.8 Å². The summed E-state index contributed by atoms with van der Waals surface area (Å²) < 4.78 is 6.72. The van der Waals surface area contributed by atoms with Crippen LogP contribution in [0.25, 0.3) is 0 Å². The summed E-state index contributed by atoms with van der Waals surface area (Å²) in [6.07, 6.45) is 0.808. The van der Waals surface area contributed by atoms with Crippen LogP contribution in [0.5, 0.6) is 11.5 Å². The highest BCUT2D eigenvalue weighted by Gasteiger charge is 2.01. The van der Waals surface area contributed by atoms with Gasteiger partial charge >= 0.3 is 0 Å². The van der Waals surface area contributed by atoms with Gasteiger partial charge in [0.2, 0.25) is 0 Å². The molecule has 2 aromatic rings. The first-order valence-corrected chi connectivity index (χ1v) is 5.85. The van der Waals surface area contributed by atoms with Crippen LogP contribution in [0.1, 0.15) is 10.4 Å². The molecular formula is C13H9IO2. The summed E-state index contributed by atoms with van der Waals surface area (Å²) in [7, 11) is 0. The molecule has 0 atom stereocenters. The molecule has 0 amide bonds. The van der Waals surface area contributed by atoms with Crippen LogP contribution in [0.3, 0.4) is 0 Å². The molecule has 0 fully saturated rings. The highest BCUT2D eigenvalue weighted by molar-refractivity contribution is 14.1. The molecule has 0 bridgehead atoms. The molecule has 80 valence electrons. The van der Waals surface area contributed by atoms with E-state index in [1.165, 1.54) is 0 Å². The summed E-state index contributed by atoms with van der Waals surface area (Å²) >= 11 is 2.21. The minimum absolute atomic E-state index is 0.614. The minimum Gasteiger partial charge on any atom is -0.456 e. The SMILES string of the molecule is O=Cc1cccc(Oc2ccccc2I)c1. The number of hydrogen-bond donors (Lipinski definition) is 0. The molecule has 2 rings (SSSR count). The zero-order chi connectivity index (χ0) is 11.4. The van der Waals surface area contributed by atoms with Crippen molar-refractivity contribution in [1.29, 1.82) is 0 Å². The van der Waals surface area contributed by atoms with Gasteiger partial charge in [-0.05, 0) is 46.9 Å². The molecule has 2 nitrogen and oxygen atoms in total. The number of ether oxygens (including phenoxy) is 1. The number of para-hydroxylation sites is 1. The summed E-state index contributed by atoms with van der Waals surface area (Å²) in [6.45, 7) is 0. The molecule has 16 heavy (non-hydrogen) atoms. The Bertz CT molecular complexity index is 509. The van der Waals surface area contributed by atoms with E-state index in [2.05, 4.69) is 22.6 Å². The molecule has 3 heteroatoms. The Balaban J connectivity index is 2.27. The van der Waals surface area contributed by atoms with E-state index >= 15 is 0 Å². The van der Waals surface area contributed by atoms with Crippen LogP contribution in [0.4, 0.5) is 0 Å². The number of hydrogen-bond acceptors (Lipinski definition) is 2. The van der Waals surface area contributed by atoms with Gasteiger partial charge in [0.15, 0.2) is 0 Å². The van der Waals surface area contributed by atoms with Gasteiger partial charge in [-0.3, -0.25) is 4.79 Å². The van der Waals surface area contributed by atoms with E-state index in [4.69, 9.17) is 4.74 Å². The highest BCUT2D eigenvalue weighted by atomic mass is 127. The largest absolute Gasteiger partial charge is 0.456 e. The summed E-state index contributed by atoms with van der Waals surface area (Å²) in [5, 5.41) is 0. The molecule has 0 aromatic heterocycles. The standard InChI is InChI=1S/C13H9IO2/c14-12-6-1-2-7-13(12)16-11-5-3-4-10(8-11)9-15/h1-9H. The fourth-order valence-electron chi connectivity index (χ4n) is 1.31. The van der Waals surface area contributed by atoms with Gasteiger partial charge < -0.3 is 4.74 Å². The fraction of sp³-hybridized carbons (Fsp3) is 0. The van der Waals surface area contributed by atoms with E-state index in [1.807, 2.05) is 30.3 Å². The Morgan fingerprint density at radius 1 is 1.06 bits per heavy atom. The van der Waals surface area contributed by atoms with Crippen molar-refractivity contribution < 1.29 is 9.53 Å². The monoisotopic (exact) mass is 324 g/mol. The van der Waals surface area contributed by atoms with E-state index in [1.54, 1.807) is 18.2 Å². The van der Waals surface area contributed by atoms with E-state index in [9.17, 15) is 4.79 Å². The van der Waals surface area contributed by atoms with Crippen LogP contribution >= 0.6 is 22.6 Å². The number of aldehydes is 1. The maximum Gasteiger partial charge on any atom is 0.150 e. The highest BCUT2D eigenvalue weighted by Crippen LogP contribution is 2.26. The summed E-state index contributed by atoms with van der Waals surface area (Å²) in [5.74, 6) is 1.47. The Labute approximate surface area is 107 Å². The Kier molecular flexibility index (Phi) is 3.56. The number of halogens is 1. The molecular weight excluding hydrogens is 315 g/mol. The third kappa shape index (κ3) is 2.61. The van der Waals surface area contributed by atoms with Gasteiger partial charge in [0.25, 0.3) is 0 Å². The molecule has 0 spiro atoms. The van der Waals surface area contributed by atoms with Crippen molar-refractivity contribution in [1.82, 2.24) is 0 Å². The van der Waals surface area contributed by atoms with Crippen LogP contribution in [0.15, 0.2) is 48.5 Å². The average molecular weight is 324 g/mol. The number of rotatable bonds is 3. The van der Waals surface area contributed by atoms with Crippen molar-refractivity contribution in [3.63, 3.8) is 0 Å². The Hall–Kier alpha value is -1.36. The molecule has 0 aliphatic carbocycles. The lowest BCUT2D eigenvalue weighted by molar-refractivity contribution is 0.112. The third-order valence-corrected chi connectivity index (χ3v) is 2.95. The van der Waals surface area contributed by atoms with Gasteiger partial charge in [-0.2, -0.15) is 0 Å². The number of benzene rings is 2. The molecule has 0 unspecified atom stereocenters. The topological polar surface area (TPSA) is 26.3 Å². The molecule has 0 N–H and O–H groups in total. The van der Waals surface area contributed by atoms with Crippen molar-refractivity contribution in [2.75, 3.05) is 0 Å². The molecule has 0 heterocycles. The average Bonchev–Trinajstić information content (AvgIpc) is 2.32. The maximum atomic E-state index is 10.6.